The van der Waals surface area contributed by atoms with E-state index in [0.29, 0.717) is 12.5 Å². The highest BCUT2D eigenvalue weighted by atomic mass is 127. The molecule has 1 aromatic rings. The minimum absolute atomic E-state index is 0. The first-order valence-electron chi connectivity index (χ1n) is 11.3. The Morgan fingerprint density at radius 2 is 1.94 bits per heavy atom. The summed E-state index contributed by atoms with van der Waals surface area (Å²) in [7, 11) is 6.82. The van der Waals surface area contributed by atoms with Crippen LogP contribution in [0.15, 0.2) is 23.2 Å². The molecule has 0 aliphatic carbocycles. The number of carbonyl (C=O) groups is 1. The molecule has 2 aliphatic heterocycles. The van der Waals surface area contributed by atoms with Gasteiger partial charge in [-0.15, -0.1) is 24.0 Å². The molecule has 0 aromatic heterocycles. The molecule has 0 bridgehead atoms. The largest absolute Gasteiger partial charge is 0.497 e. The molecule has 2 fully saturated rings. The highest BCUT2D eigenvalue weighted by Gasteiger charge is 2.24. The van der Waals surface area contributed by atoms with Gasteiger partial charge in [0.25, 0.3) is 0 Å². The van der Waals surface area contributed by atoms with Gasteiger partial charge in [-0.2, -0.15) is 0 Å². The minimum Gasteiger partial charge on any atom is -0.497 e. The van der Waals surface area contributed by atoms with E-state index in [-0.39, 0.29) is 48.6 Å². The highest BCUT2D eigenvalue weighted by Crippen LogP contribution is 2.24. The van der Waals surface area contributed by atoms with Gasteiger partial charge in [0, 0.05) is 59.0 Å². The zero-order chi connectivity index (χ0) is 22.9. The predicted molar refractivity (Wildman–Crippen MR) is 140 cm³/mol. The maximum absolute atomic E-state index is 12.0. The van der Waals surface area contributed by atoms with Crippen molar-refractivity contribution in [3.63, 3.8) is 0 Å². The molecule has 2 saturated heterocycles. The van der Waals surface area contributed by atoms with Crippen molar-refractivity contribution in [2.24, 2.45) is 4.99 Å². The lowest BCUT2D eigenvalue weighted by Gasteiger charge is -2.21. The Kier molecular flexibility index (Phi) is 11.5. The van der Waals surface area contributed by atoms with Gasteiger partial charge in [-0.1, -0.05) is 0 Å². The normalized spacial score (nSPS) is 20.8. The van der Waals surface area contributed by atoms with Crippen LogP contribution in [0.2, 0.25) is 0 Å². The summed E-state index contributed by atoms with van der Waals surface area (Å²) in [5, 5.41) is 6.89. The van der Waals surface area contributed by atoms with Gasteiger partial charge in [0.1, 0.15) is 18.0 Å². The number of likely N-dealkylation sites (N-methyl/N-ethyl adjacent to an activating group) is 1. The molecule has 33 heavy (non-hydrogen) atoms. The number of methoxy groups -OCH3 is 2. The molecule has 3 rings (SSSR count). The van der Waals surface area contributed by atoms with E-state index in [9.17, 15) is 4.79 Å². The first-order chi connectivity index (χ1) is 15.5. The lowest BCUT2D eigenvalue weighted by atomic mass is 10.2. The SMILES string of the molecule is COc1cc(CN2CCC(NC(=NCC(=O)N(C)C)NCC3CCCO3)C2)cc(OC)c1.I. The number of nitrogens with one attached hydrogen (secondary N) is 2. The molecule has 1 amide bonds. The first kappa shape index (κ1) is 27.5. The second kappa shape index (κ2) is 13.8. The Labute approximate surface area is 214 Å². The van der Waals surface area contributed by atoms with Gasteiger partial charge in [-0.05, 0) is 37.0 Å². The van der Waals surface area contributed by atoms with E-state index >= 15 is 0 Å². The standard InChI is InChI=1S/C23H37N5O4.HI/c1-27(2)22(29)14-25-23(24-13-19-6-5-9-32-19)26-18-7-8-28(16-18)15-17-10-20(30-3)12-21(11-17)31-4;/h10-12,18-19H,5-9,13-16H2,1-4H3,(H2,24,25,26);1H. The lowest BCUT2D eigenvalue weighted by molar-refractivity contribution is -0.127. The van der Waals surface area contributed by atoms with Crippen molar-refractivity contribution in [1.82, 2.24) is 20.4 Å². The van der Waals surface area contributed by atoms with Crippen LogP contribution in [-0.4, -0.2) is 94.9 Å². The fourth-order valence-electron chi connectivity index (χ4n) is 3.96. The van der Waals surface area contributed by atoms with E-state index < -0.39 is 0 Å². The fraction of sp³-hybridized carbons (Fsp3) is 0.652. The van der Waals surface area contributed by atoms with Crippen molar-refractivity contribution in [3.05, 3.63) is 23.8 Å². The third-order valence-corrected chi connectivity index (χ3v) is 5.82. The van der Waals surface area contributed by atoms with Gasteiger partial charge < -0.3 is 29.7 Å². The molecule has 0 radical (unpaired) electrons. The zero-order valence-electron chi connectivity index (χ0n) is 20.1. The Morgan fingerprint density at radius 1 is 1.21 bits per heavy atom. The van der Waals surface area contributed by atoms with Crippen LogP contribution in [0.4, 0.5) is 0 Å². The van der Waals surface area contributed by atoms with Crippen LogP contribution in [0.1, 0.15) is 24.8 Å². The third-order valence-electron chi connectivity index (χ3n) is 5.82. The minimum atomic E-state index is -0.0248. The van der Waals surface area contributed by atoms with Crippen LogP contribution >= 0.6 is 24.0 Å². The fourth-order valence-corrected chi connectivity index (χ4v) is 3.96. The summed E-state index contributed by atoms with van der Waals surface area (Å²) in [5.41, 5.74) is 1.16. The van der Waals surface area contributed by atoms with Gasteiger partial charge >= 0.3 is 0 Å². The predicted octanol–water partition coefficient (Wildman–Crippen LogP) is 1.70. The summed E-state index contributed by atoms with van der Waals surface area (Å²) < 4.78 is 16.5. The summed E-state index contributed by atoms with van der Waals surface area (Å²) in [6, 6.07) is 6.24. The van der Waals surface area contributed by atoms with E-state index in [4.69, 9.17) is 14.2 Å². The number of rotatable bonds is 9. The first-order valence-corrected chi connectivity index (χ1v) is 11.3. The summed E-state index contributed by atoms with van der Waals surface area (Å²) in [5.74, 6) is 2.24. The smallest absolute Gasteiger partial charge is 0.243 e. The molecular formula is C23H38IN5O4. The number of aliphatic imine (C=N–C) groups is 1. The molecule has 2 atom stereocenters. The van der Waals surface area contributed by atoms with Crippen molar-refractivity contribution in [2.75, 3.05) is 61.1 Å². The van der Waals surface area contributed by atoms with Crippen molar-refractivity contribution >= 4 is 35.8 Å². The Hall–Kier alpha value is -1.79. The molecule has 2 heterocycles. The molecule has 0 saturated carbocycles. The Bertz CT molecular complexity index is 764. The van der Waals surface area contributed by atoms with Crippen molar-refractivity contribution < 1.29 is 19.0 Å². The van der Waals surface area contributed by atoms with Crippen LogP contribution < -0.4 is 20.1 Å². The molecule has 0 spiro atoms. The Balaban J connectivity index is 0.00000385. The molecule has 9 nitrogen and oxygen atoms in total. The van der Waals surface area contributed by atoms with Crippen molar-refractivity contribution in [3.8, 4) is 11.5 Å². The maximum atomic E-state index is 12.0. The van der Waals surface area contributed by atoms with E-state index in [1.165, 1.54) is 0 Å². The van der Waals surface area contributed by atoms with Gasteiger partial charge in [-0.25, -0.2) is 4.99 Å². The lowest BCUT2D eigenvalue weighted by Crippen LogP contribution is -2.47. The van der Waals surface area contributed by atoms with Crippen molar-refractivity contribution in [2.45, 2.75) is 38.0 Å². The average Bonchev–Trinajstić information content (AvgIpc) is 3.47. The number of hydrogen-bond acceptors (Lipinski definition) is 6. The molecule has 2 aliphatic rings. The van der Waals surface area contributed by atoms with Crippen LogP contribution in [0.5, 0.6) is 11.5 Å². The van der Waals surface area contributed by atoms with E-state index in [2.05, 4.69) is 20.5 Å². The van der Waals surface area contributed by atoms with E-state index in [1.54, 1.807) is 33.2 Å². The van der Waals surface area contributed by atoms with Crippen LogP contribution in [0.3, 0.4) is 0 Å². The van der Waals surface area contributed by atoms with Crippen LogP contribution in [-0.2, 0) is 16.1 Å². The number of hydrogen-bond donors (Lipinski definition) is 2. The van der Waals surface area contributed by atoms with Gasteiger partial charge in [-0.3, -0.25) is 9.69 Å². The van der Waals surface area contributed by atoms with Crippen LogP contribution in [0, 0.1) is 0 Å². The second-order valence-corrected chi connectivity index (χ2v) is 8.55. The Morgan fingerprint density at radius 3 is 2.55 bits per heavy atom. The van der Waals surface area contributed by atoms with E-state index in [1.807, 2.05) is 18.2 Å². The van der Waals surface area contributed by atoms with Crippen molar-refractivity contribution in [1.29, 1.82) is 0 Å². The summed E-state index contributed by atoms with van der Waals surface area (Å²) >= 11 is 0. The second-order valence-electron chi connectivity index (χ2n) is 8.55. The monoisotopic (exact) mass is 575 g/mol. The number of likely N-dealkylation sites (tertiary alicyclic amines) is 1. The van der Waals surface area contributed by atoms with Gasteiger partial charge in [0.2, 0.25) is 5.91 Å². The number of benzene rings is 1. The summed E-state index contributed by atoms with van der Waals surface area (Å²) in [6.45, 7) is 4.32. The maximum Gasteiger partial charge on any atom is 0.243 e. The molecular weight excluding hydrogens is 537 g/mol. The number of ether oxygens (including phenoxy) is 3. The molecule has 2 N–H and O–H groups in total. The average molecular weight is 575 g/mol. The zero-order valence-corrected chi connectivity index (χ0v) is 22.5. The van der Waals surface area contributed by atoms with E-state index in [0.717, 1.165) is 62.6 Å². The highest BCUT2D eigenvalue weighted by molar-refractivity contribution is 14.0. The molecule has 10 heteroatoms. The van der Waals surface area contributed by atoms with Crippen LogP contribution in [0.25, 0.3) is 0 Å². The number of halogens is 1. The molecule has 1 aromatic carbocycles. The third kappa shape index (κ3) is 8.82. The molecule has 186 valence electrons. The number of amides is 1. The van der Waals surface area contributed by atoms with Gasteiger partial charge in [0.05, 0.1) is 20.3 Å². The number of nitrogens with zero attached hydrogens (tertiary/aromatic N) is 3. The number of carbonyl (C=O) groups excluding carboxylic acids is 1. The molecule has 2 unspecified atom stereocenters. The quantitative estimate of drug-likeness (QED) is 0.264. The summed E-state index contributed by atoms with van der Waals surface area (Å²) in [4.78, 5) is 20.5. The van der Waals surface area contributed by atoms with Gasteiger partial charge in [0.15, 0.2) is 5.96 Å². The summed E-state index contributed by atoms with van der Waals surface area (Å²) in [6.07, 6.45) is 3.36. The topological polar surface area (TPSA) is 87.7 Å². The number of guanidine groups is 1.